The van der Waals surface area contributed by atoms with Crippen LogP contribution < -0.4 is 5.32 Å². The van der Waals surface area contributed by atoms with E-state index in [1.54, 1.807) is 0 Å². The number of benzene rings is 1. The highest BCUT2D eigenvalue weighted by Gasteiger charge is 2.25. The number of nitrogens with one attached hydrogen (secondary N) is 1. The van der Waals surface area contributed by atoms with Crippen LogP contribution in [0.25, 0.3) is 0 Å². The molecule has 28 heavy (non-hydrogen) atoms. The molecule has 0 aliphatic carbocycles. The molecule has 156 valence electrons. The van der Waals surface area contributed by atoms with Crippen molar-refractivity contribution < 1.29 is 9.59 Å². The van der Waals surface area contributed by atoms with E-state index in [-0.39, 0.29) is 17.4 Å². The largest absolute Gasteiger partial charge is 0.350 e. The van der Waals surface area contributed by atoms with Crippen molar-refractivity contribution in [1.29, 1.82) is 0 Å². The molecule has 0 atom stereocenters. The monoisotopic (exact) mass is 388 g/mol. The van der Waals surface area contributed by atoms with Gasteiger partial charge in [0.1, 0.15) is 0 Å². The van der Waals surface area contributed by atoms with E-state index < -0.39 is 0 Å². The van der Waals surface area contributed by atoms with E-state index >= 15 is 0 Å². The zero-order valence-electron chi connectivity index (χ0n) is 18.1. The molecule has 0 radical (unpaired) electrons. The van der Waals surface area contributed by atoms with Crippen LogP contribution in [-0.2, 0) is 16.1 Å². The Hall–Kier alpha value is -1.92. The van der Waals surface area contributed by atoms with Gasteiger partial charge < -0.3 is 10.2 Å². The van der Waals surface area contributed by atoms with Crippen LogP contribution in [0.5, 0.6) is 0 Å². The minimum absolute atomic E-state index is 0.0427. The number of hydrogen-bond donors (Lipinski definition) is 1. The van der Waals surface area contributed by atoms with E-state index in [9.17, 15) is 9.59 Å². The van der Waals surface area contributed by atoms with E-state index in [0.717, 1.165) is 19.6 Å². The average Bonchev–Trinajstić information content (AvgIpc) is 2.60. The first-order valence-corrected chi connectivity index (χ1v) is 10.2. The average molecular weight is 389 g/mol. The molecule has 1 fully saturated rings. The number of piperazine rings is 1. The molecule has 6 nitrogen and oxygen atoms in total. The summed E-state index contributed by atoms with van der Waals surface area (Å²) in [5, 5.41) is 2.99. The van der Waals surface area contributed by atoms with E-state index in [0.29, 0.717) is 32.2 Å². The van der Waals surface area contributed by atoms with E-state index in [2.05, 4.69) is 41.1 Å². The van der Waals surface area contributed by atoms with Crippen LogP contribution in [0.2, 0.25) is 0 Å². The van der Waals surface area contributed by atoms with Gasteiger partial charge in [-0.25, -0.2) is 0 Å². The lowest BCUT2D eigenvalue weighted by Crippen LogP contribution is -2.54. The Balaban J connectivity index is 1.81. The summed E-state index contributed by atoms with van der Waals surface area (Å²) in [5.74, 6) is 0.213. The van der Waals surface area contributed by atoms with Crippen LogP contribution in [0.4, 0.5) is 0 Å². The fourth-order valence-corrected chi connectivity index (χ4v) is 3.33. The Morgan fingerprint density at radius 3 is 2.21 bits per heavy atom. The third kappa shape index (κ3) is 7.60. The van der Waals surface area contributed by atoms with Gasteiger partial charge in [-0.15, -0.1) is 0 Å². The summed E-state index contributed by atoms with van der Waals surface area (Å²) in [6.07, 6.45) is 0. The molecule has 2 rings (SSSR count). The Morgan fingerprint density at radius 2 is 1.68 bits per heavy atom. The molecular weight excluding hydrogens is 352 g/mol. The third-order valence-electron chi connectivity index (χ3n) is 4.90. The molecule has 1 saturated heterocycles. The first-order chi connectivity index (χ1) is 13.1. The van der Waals surface area contributed by atoms with Crippen LogP contribution in [0.15, 0.2) is 30.3 Å². The Labute approximate surface area is 169 Å². The molecule has 0 unspecified atom stereocenters. The van der Waals surface area contributed by atoms with Crippen molar-refractivity contribution in [2.75, 3.05) is 39.3 Å². The third-order valence-corrected chi connectivity index (χ3v) is 4.90. The van der Waals surface area contributed by atoms with Gasteiger partial charge >= 0.3 is 0 Å². The van der Waals surface area contributed by atoms with Gasteiger partial charge in [0, 0.05) is 44.3 Å². The second kappa shape index (κ2) is 10.0. The highest BCUT2D eigenvalue weighted by molar-refractivity contribution is 5.79. The van der Waals surface area contributed by atoms with Crippen molar-refractivity contribution in [3.05, 3.63) is 35.9 Å². The summed E-state index contributed by atoms with van der Waals surface area (Å²) in [7, 11) is 0. The van der Waals surface area contributed by atoms with Gasteiger partial charge in [-0.05, 0) is 40.2 Å². The van der Waals surface area contributed by atoms with Gasteiger partial charge in [0.2, 0.25) is 11.8 Å². The lowest BCUT2D eigenvalue weighted by molar-refractivity contribution is -0.135. The van der Waals surface area contributed by atoms with Crippen molar-refractivity contribution in [3.8, 4) is 0 Å². The SMILES string of the molecule is CC(C)N(CC(=O)N1CCN(CC(=O)NC(C)(C)C)CC1)Cc1ccccc1. The van der Waals surface area contributed by atoms with Crippen LogP contribution in [0.1, 0.15) is 40.2 Å². The molecule has 1 aromatic carbocycles. The lowest BCUT2D eigenvalue weighted by atomic mass is 10.1. The molecule has 1 aliphatic rings. The maximum absolute atomic E-state index is 12.8. The maximum Gasteiger partial charge on any atom is 0.236 e. The lowest BCUT2D eigenvalue weighted by Gasteiger charge is -2.36. The number of nitrogens with zero attached hydrogens (tertiary/aromatic N) is 3. The second-order valence-corrected chi connectivity index (χ2v) is 8.94. The molecule has 1 aliphatic heterocycles. The highest BCUT2D eigenvalue weighted by atomic mass is 16.2. The van der Waals surface area contributed by atoms with Crippen molar-refractivity contribution in [2.45, 2.75) is 52.7 Å². The van der Waals surface area contributed by atoms with Crippen LogP contribution in [-0.4, -0.2) is 77.4 Å². The summed E-state index contributed by atoms with van der Waals surface area (Å²) < 4.78 is 0. The molecule has 1 heterocycles. The zero-order valence-corrected chi connectivity index (χ0v) is 18.1. The normalized spacial score (nSPS) is 15.9. The Kier molecular flexibility index (Phi) is 8.01. The zero-order chi connectivity index (χ0) is 20.7. The first kappa shape index (κ1) is 22.4. The molecule has 0 spiro atoms. The van der Waals surface area contributed by atoms with Gasteiger partial charge in [-0.3, -0.25) is 19.4 Å². The molecule has 1 N–H and O–H groups in total. The predicted molar refractivity (Wildman–Crippen MR) is 113 cm³/mol. The summed E-state index contributed by atoms with van der Waals surface area (Å²) in [5.41, 5.74) is 1.01. The van der Waals surface area contributed by atoms with Gasteiger partial charge in [-0.2, -0.15) is 0 Å². The van der Waals surface area contributed by atoms with Gasteiger partial charge in [-0.1, -0.05) is 30.3 Å². The Morgan fingerprint density at radius 1 is 1.07 bits per heavy atom. The minimum Gasteiger partial charge on any atom is -0.350 e. The van der Waals surface area contributed by atoms with E-state index in [1.807, 2.05) is 43.9 Å². The fourth-order valence-electron chi connectivity index (χ4n) is 3.33. The molecule has 0 saturated carbocycles. The summed E-state index contributed by atoms with van der Waals surface area (Å²) in [6.45, 7) is 14.6. The smallest absolute Gasteiger partial charge is 0.236 e. The number of rotatable bonds is 7. The quantitative estimate of drug-likeness (QED) is 0.776. The first-order valence-electron chi connectivity index (χ1n) is 10.2. The molecule has 0 aromatic heterocycles. The van der Waals surface area contributed by atoms with E-state index in [4.69, 9.17) is 0 Å². The van der Waals surface area contributed by atoms with Gasteiger partial charge in [0.15, 0.2) is 0 Å². The Bertz CT molecular complexity index is 632. The number of carbonyl (C=O) groups excluding carboxylic acids is 2. The van der Waals surface area contributed by atoms with Gasteiger partial charge in [0.25, 0.3) is 0 Å². The van der Waals surface area contributed by atoms with Crippen molar-refractivity contribution >= 4 is 11.8 Å². The molecular formula is C22H36N4O2. The van der Waals surface area contributed by atoms with Crippen LogP contribution >= 0.6 is 0 Å². The van der Waals surface area contributed by atoms with Crippen LogP contribution in [0.3, 0.4) is 0 Å². The number of amides is 2. The fraction of sp³-hybridized carbons (Fsp3) is 0.636. The molecule has 2 amide bonds. The van der Waals surface area contributed by atoms with Crippen molar-refractivity contribution in [2.24, 2.45) is 0 Å². The summed E-state index contributed by atoms with van der Waals surface area (Å²) in [4.78, 5) is 31.2. The van der Waals surface area contributed by atoms with Crippen molar-refractivity contribution in [1.82, 2.24) is 20.0 Å². The molecule has 0 bridgehead atoms. The topological polar surface area (TPSA) is 55.9 Å². The highest BCUT2D eigenvalue weighted by Crippen LogP contribution is 2.10. The standard InChI is InChI=1S/C22H36N4O2/c1-18(2)26(15-19-9-7-6-8-10-19)17-21(28)25-13-11-24(12-14-25)16-20(27)23-22(3,4)5/h6-10,18H,11-17H2,1-5H3,(H,23,27). The number of carbonyl (C=O) groups is 2. The van der Waals surface area contributed by atoms with E-state index in [1.165, 1.54) is 5.56 Å². The number of hydrogen-bond acceptors (Lipinski definition) is 4. The summed E-state index contributed by atoms with van der Waals surface area (Å²) in [6, 6.07) is 10.6. The van der Waals surface area contributed by atoms with Crippen LogP contribution in [0, 0.1) is 0 Å². The van der Waals surface area contributed by atoms with Crippen molar-refractivity contribution in [3.63, 3.8) is 0 Å². The summed E-state index contributed by atoms with van der Waals surface area (Å²) >= 11 is 0. The predicted octanol–water partition coefficient (Wildman–Crippen LogP) is 1.96. The second-order valence-electron chi connectivity index (χ2n) is 8.94. The molecule has 6 heteroatoms. The van der Waals surface area contributed by atoms with Gasteiger partial charge in [0.05, 0.1) is 13.1 Å². The molecule has 1 aromatic rings. The maximum atomic E-state index is 12.8. The minimum atomic E-state index is -0.214.